The first-order valence-corrected chi connectivity index (χ1v) is 5.86. The maximum atomic E-state index is 10.9. The molecule has 0 aromatic carbocycles. The van der Waals surface area contributed by atoms with Gasteiger partial charge in [-0.2, -0.15) is 5.10 Å². The lowest BCUT2D eigenvalue weighted by atomic mass is 9.97. The number of nitrogens with two attached hydrogens (primary N) is 1. The molecule has 1 aliphatic rings. The average Bonchev–Trinajstić information content (AvgIpc) is 2.78. The van der Waals surface area contributed by atoms with Crippen LogP contribution in [0.5, 0.6) is 0 Å². The van der Waals surface area contributed by atoms with Crippen molar-refractivity contribution in [3.63, 3.8) is 0 Å². The molecule has 2 amide bonds. The predicted molar refractivity (Wildman–Crippen MR) is 63.1 cm³/mol. The van der Waals surface area contributed by atoms with Gasteiger partial charge in [-0.1, -0.05) is 0 Å². The van der Waals surface area contributed by atoms with Crippen LogP contribution in [-0.4, -0.2) is 44.9 Å². The highest BCUT2D eigenvalue weighted by molar-refractivity contribution is 5.92. The molecule has 1 aromatic rings. The Hall–Kier alpha value is -2.05. The summed E-state index contributed by atoms with van der Waals surface area (Å²) >= 11 is 0. The van der Waals surface area contributed by atoms with Crippen LogP contribution < -0.4 is 5.73 Å². The molecule has 98 valence electrons. The Morgan fingerprint density at radius 2 is 2.11 bits per heavy atom. The molecule has 0 spiro atoms. The number of carboxylic acid groups (broad SMARTS) is 1. The van der Waals surface area contributed by atoms with Crippen LogP contribution in [0.2, 0.25) is 0 Å². The summed E-state index contributed by atoms with van der Waals surface area (Å²) in [4.78, 5) is 23.1. The molecule has 0 unspecified atom stereocenters. The summed E-state index contributed by atoms with van der Waals surface area (Å²) in [7, 11) is 0. The van der Waals surface area contributed by atoms with Gasteiger partial charge >= 0.3 is 6.09 Å². The zero-order chi connectivity index (χ0) is 13.1. The molecule has 0 radical (unpaired) electrons. The molecule has 0 aliphatic carbocycles. The molecule has 1 aromatic heterocycles. The Morgan fingerprint density at radius 3 is 2.61 bits per heavy atom. The normalized spacial score (nSPS) is 16.8. The van der Waals surface area contributed by atoms with Crippen LogP contribution in [-0.2, 0) is 6.54 Å². The van der Waals surface area contributed by atoms with Crippen molar-refractivity contribution in [2.24, 2.45) is 11.7 Å². The predicted octanol–water partition coefficient (Wildman–Crippen LogP) is 0.372. The van der Waals surface area contributed by atoms with Crippen LogP contribution in [0, 0.1) is 5.92 Å². The van der Waals surface area contributed by atoms with Crippen molar-refractivity contribution in [1.82, 2.24) is 14.7 Å². The van der Waals surface area contributed by atoms with Crippen molar-refractivity contribution >= 4 is 12.0 Å². The van der Waals surface area contributed by atoms with Crippen molar-refractivity contribution in [3.8, 4) is 0 Å². The summed E-state index contributed by atoms with van der Waals surface area (Å²) < 4.78 is 1.70. The Morgan fingerprint density at radius 1 is 1.44 bits per heavy atom. The second-order valence-corrected chi connectivity index (χ2v) is 4.53. The van der Waals surface area contributed by atoms with E-state index in [1.165, 1.54) is 11.1 Å². The van der Waals surface area contributed by atoms with Gasteiger partial charge in [0, 0.05) is 25.8 Å². The van der Waals surface area contributed by atoms with Crippen molar-refractivity contribution in [2.45, 2.75) is 19.4 Å². The standard InChI is InChI=1S/C11H16N4O3/c12-10(16)9-5-13-15(7-9)6-8-1-3-14(4-2-8)11(17)18/h5,7-8H,1-4,6H2,(H2,12,16)(H,17,18). The van der Waals surface area contributed by atoms with Crippen LogP contribution in [0.4, 0.5) is 4.79 Å². The Labute approximate surface area is 104 Å². The molecule has 0 saturated carbocycles. The van der Waals surface area contributed by atoms with E-state index in [1.54, 1.807) is 10.9 Å². The Kier molecular flexibility index (Phi) is 3.50. The largest absolute Gasteiger partial charge is 0.465 e. The number of carbonyl (C=O) groups excluding carboxylic acids is 1. The van der Waals surface area contributed by atoms with Crippen LogP contribution in [0.25, 0.3) is 0 Å². The van der Waals surface area contributed by atoms with Gasteiger partial charge in [-0.05, 0) is 18.8 Å². The zero-order valence-corrected chi connectivity index (χ0v) is 9.95. The highest BCUT2D eigenvalue weighted by Gasteiger charge is 2.22. The number of hydrogen-bond donors (Lipinski definition) is 2. The van der Waals surface area contributed by atoms with Gasteiger partial charge in [0.15, 0.2) is 0 Å². The van der Waals surface area contributed by atoms with Crippen LogP contribution in [0.15, 0.2) is 12.4 Å². The summed E-state index contributed by atoms with van der Waals surface area (Å²) in [6, 6.07) is 0. The molecule has 0 atom stereocenters. The second-order valence-electron chi connectivity index (χ2n) is 4.53. The van der Waals surface area contributed by atoms with E-state index in [0.717, 1.165) is 12.8 Å². The minimum Gasteiger partial charge on any atom is -0.465 e. The number of aromatic nitrogens is 2. The summed E-state index contributed by atoms with van der Waals surface area (Å²) in [5, 5.41) is 12.9. The lowest BCUT2D eigenvalue weighted by Gasteiger charge is -2.29. The van der Waals surface area contributed by atoms with Crippen molar-refractivity contribution in [1.29, 1.82) is 0 Å². The topological polar surface area (TPSA) is 101 Å². The number of amides is 2. The van der Waals surface area contributed by atoms with E-state index in [2.05, 4.69) is 5.10 Å². The average molecular weight is 252 g/mol. The Bertz CT molecular complexity index is 449. The lowest BCUT2D eigenvalue weighted by molar-refractivity contribution is 0.0999. The van der Waals surface area contributed by atoms with Gasteiger partial charge in [-0.25, -0.2) is 4.79 Å². The fourth-order valence-corrected chi connectivity index (χ4v) is 2.16. The minimum absolute atomic E-state index is 0.390. The third-order valence-electron chi connectivity index (χ3n) is 3.25. The maximum Gasteiger partial charge on any atom is 0.407 e. The van der Waals surface area contributed by atoms with Gasteiger partial charge in [0.05, 0.1) is 11.8 Å². The number of primary amides is 1. The summed E-state index contributed by atoms with van der Waals surface area (Å²) in [6.45, 7) is 1.81. The fourth-order valence-electron chi connectivity index (χ4n) is 2.16. The first-order valence-electron chi connectivity index (χ1n) is 5.86. The van der Waals surface area contributed by atoms with Crippen molar-refractivity contribution in [3.05, 3.63) is 18.0 Å². The fraction of sp³-hybridized carbons (Fsp3) is 0.545. The summed E-state index contributed by atoms with van der Waals surface area (Å²) in [6.07, 6.45) is 3.86. The molecule has 2 rings (SSSR count). The van der Waals surface area contributed by atoms with Gasteiger partial charge in [0.1, 0.15) is 0 Å². The third kappa shape index (κ3) is 2.79. The number of likely N-dealkylation sites (tertiary alicyclic amines) is 1. The molecule has 2 heterocycles. The lowest BCUT2D eigenvalue weighted by Crippen LogP contribution is -2.38. The Balaban J connectivity index is 1.87. The van der Waals surface area contributed by atoms with E-state index in [0.29, 0.717) is 31.1 Å². The number of piperidine rings is 1. The third-order valence-corrected chi connectivity index (χ3v) is 3.25. The van der Waals surface area contributed by atoms with Gasteiger partial charge in [-0.15, -0.1) is 0 Å². The monoisotopic (exact) mass is 252 g/mol. The molecule has 1 saturated heterocycles. The first kappa shape index (κ1) is 12.4. The molecule has 1 aliphatic heterocycles. The van der Waals surface area contributed by atoms with E-state index in [1.807, 2.05) is 0 Å². The second kappa shape index (κ2) is 5.07. The van der Waals surface area contributed by atoms with E-state index in [9.17, 15) is 9.59 Å². The molecule has 18 heavy (non-hydrogen) atoms. The van der Waals surface area contributed by atoms with Crippen molar-refractivity contribution < 1.29 is 14.7 Å². The van der Waals surface area contributed by atoms with E-state index < -0.39 is 12.0 Å². The summed E-state index contributed by atoms with van der Waals surface area (Å²) in [5.41, 5.74) is 5.55. The van der Waals surface area contributed by atoms with Crippen LogP contribution >= 0.6 is 0 Å². The SMILES string of the molecule is NC(=O)c1cnn(CC2CCN(C(=O)O)CC2)c1. The van der Waals surface area contributed by atoms with Crippen LogP contribution in [0.1, 0.15) is 23.2 Å². The molecule has 7 nitrogen and oxygen atoms in total. The smallest absolute Gasteiger partial charge is 0.407 e. The van der Waals surface area contributed by atoms with E-state index >= 15 is 0 Å². The van der Waals surface area contributed by atoms with Gasteiger partial charge in [0.25, 0.3) is 5.91 Å². The molecule has 7 heteroatoms. The van der Waals surface area contributed by atoms with E-state index in [4.69, 9.17) is 10.8 Å². The molecule has 3 N–H and O–H groups in total. The quantitative estimate of drug-likeness (QED) is 0.811. The summed E-state index contributed by atoms with van der Waals surface area (Å²) in [5.74, 6) is -0.0943. The molecular weight excluding hydrogens is 236 g/mol. The van der Waals surface area contributed by atoms with Gasteiger partial charge in [0.2, 0.25) is 0 Å². The zero-order valence-electron chi connectivity index (χ0n) is 9.95. The first-order chi connectivity index (χ1) is 8.56. The van der Waals surface area contributed by atoms with Gasteiger partial charge < -0.3 is 15.7 Å². The van der Waals surface area contributed by atoms with E-state index in [-0.39, 0.29) is 0 Å². The number of rotatable bonds is 3. The molecule has 1 fully saturated rings. The van der Waals surface area contributed by atoms with Crippen molar-refractivity contribution in [2.75, 3.05) is 13.1 Å². The highest BCUT2D eigenvalue weighted by Crippen LogP contribution is 2.19. The minimum atomic E-state index is -0.858. The maximum absolute atomic E-state index is 10.9. The van der Waals surface area contributed by atoms with Crippen LogP contribution in [0.3, 0.4) is 0 Å². The number of hydrogen-bond acceptors (Lipinski definition) is 3. The number of carbonyl (C=O) groups is 2. The number of nitrogens with zero attached hydrogens (tertiary/aromatic N) is 3. The highest BCUT2D eigenvalue weighted by atomic mass is 16.4. The molecule has 0 bridgehead atoms. The van der Waals surface area contributed by atoms with Gasteiger partial charge in [-0.3, -0.25) is 9.48 Å². The molecular formula is C11H16N4O3.